The summed E-state index contributed by atoms with van der Waals surface area (Å²) in [6, 6.07) is 6.02. The fraction of sp³-hybridized carbons (Fsp3) is 0.500. The van der Waals surface area contributed by atoms with Crippen molar-refractivity contribution in [3.8, 4) is 0 Å². The maximum atomic E-state index is 12.5. The van der Waals surface area contributed by atoms with Gasteiger partial charge in [-0.05, 0) is 37.5 Å². The van der Waals surface area contributed by atoms with E-state index in [2.05, 4.69) is 0 Å². The molecule has 2 nitrogen and oxygen atoms in total. The van der Waals surface area contributed by atoms with E-state index in [4.69, 9.17) is 0 Å². The fourth-order valence-corrected chi connectivity index (χ4v) is 4.22. The highest BCUT2D eigenvalue weighted by molar-refractivity contribution is 7.85. The Morgan fingerprint density at radius 1 is 1.29 bits per heavy atom. The summed E-state index contributed by atoms with van der Waals surface area (Å²) >= 11 is 0. The summed E-state index contributed by atoms with van der Waals surface area (Å²) in [5.41, 5.74) is 2.18. The van der Waals surface area contributed by atoms with E-state index in [-0.39, 0.29) is 17.0 Å². The first-order chi connectivity index (χ1) is 8.00. The third-order valence-corrected chi connectivity index (χ3v) is 5.64. The minimum Gasteiger partial charge on any atom is -0.299 e. The van der Waals surface area contributed by atoms with Gasteiger partial charge in [0.05, 0.1) is 10.8 Å². The lowest BCUT2D eigenvalue weighted by atomic mass is 10.1. The topological polar surface area (TPSA) is 34.1 Å². The molecule has 0 bridgehead atoms. The van der Waals surface area contributed by atoms with Gasteiger partial charge in [0.1, 0.15) is 5.78 Å². The predicted molar refractivity (Wildman–Crippen MR) is 69.5 cm³/mol. The van der Waals surface area contributed by atoms with Crippen molar-refractivity contribution in [3.63, 3.8) is 0 Å². The normalized spacial score (nSPS) is 26.2. The first-order valence-electron chi connectivity index (χ1n) is 6.01. The second-order valence-electron chi connectivity index (χ2n) is 4.90. The molecule has 0 aromatic heterocycles. The lowest BCUT2D eigenvalue weighted by Gasteiger charge is -2.15. The highest BCUT2D eigenvalue weighted by Gasteiger charge is 2.35. The summed E-state index contributed by atoms with van der Waals surface area (Å²) in [5.74, 6) is 0.199. The zero-order valence-corrected chi connectivity index (χ0v) is 11.3. The zero-order valence-electron chi connectivity index (χ0n) is 10.5. The van der Waals surface area contributed by atoms with Gasteiger partial charge in [-0.25, -0.2) is 0 Å². The quantitative estimate of drug-likeness (QED) is 0.809. The van der Waals surface area contributed by atoms with E-state index >= 15 is 0 Å². The number of carbonyl (C=O) groups excluding carboxylic acids is 1. The molecule has 1 fully saturated rings. The number of hydrogen-bond donors (Lipinski definition) is 0. The molecule has 2 rings (SSSR count). The molecule has 0 aliphatic heterocycles. The molecular weight excluding hydrogens is 232 g/mol. The van der Waals surface area contributed by atoms with E-state index in [0.29, 0.717) is 6.42 Å². The lowest BCUT2D eigenvalue weighted by Crippen LogP contribution is -2.21. The summed E-state index contributed by atoms with van der Waals surface area (Å²) in [6.45, 7) is 5.89. The Hall–Kier alpha value is -0.960. The van der Waals surface area contributed by atoms with Crippen LogP contribution in [0.1, 0.15) is 30.9 Å². The van der Waals surface area contributed by atoms with Crippen LogP contribution in [-0.4, -0.2) is 15.2 Å². The van der Waals surface area contributed by atoms with Gasteiger partial charge in [0, 0.05) is 22.5 Å². The van der Waals surface area contributed by atoms with Crippen LogP contribution in [0.4, 0.5) is 0 Å². The van der Waals surface area contributed by atoms with Crippen molar-refractivity contribution in [3.05, 3.63) is 29.3 Å². The number of rotatable bonds is 2. The van der Waals surface area contributed by atoms with E-state index < -0.39 is 10.8 Å². The van der Waals surface area contributed by atoms with Gasteiger partial charge in [-0.15, -0.1) is 0 Å². The van der Waals surface area contributed by atoms with Gasteiger partial charge in [0.15, 0.2) is 0 Å². The fourth-order valence-electron chi connectivity index (χ4n) is 2.35. The van der Waals surface area contributed by atoms with Crippen molar-refractivity contribution in [1.82, 2.24) is 0 Å². The van der Waals surface area contributed by atoms with E-state index in [1.807, 2.05) is 39.0 Å². The van der Waals surface area contributed by atoms with Crippen molar-refractivity contribution in [2.45, 2.75) is 43.8 Å². The van der Waals surface area contributed by atoms with E-state index in [0.717, 1.165) is 22.4 Å². The number of ketones is 1. The summed E-state index contributed by atoms with van der Waals surface area (Å²) in [5, 5.41) is 0.00278. The SMILES string of the molecule is Cc1ccc(C)c(S(=O)C2CCC(=O)C2C)c1. The van der Waals surface area contributed by atoms with E-state index in [1.54, 1.807) is 0 Å². The Labute approximate surface area is 105 Å². The molecular formula is C14H18O2S. The van der Waals surface area contributed by atoms with E-state index in [1.165, 1.54) is 0 Å². The Morgan fingerprint density at radius 2 is 2.00 bits per heavy atom. The Morgan fingerprint density at radius 3 is 2.59 bits per heavy atom. The number of aryl methyl sites for hydroxylation is 2. The monoisotopic (exact) mass is 250 g/mol. The summed E-state index contributed by atoms with van der Waals surface area (Å²) in [4.78, 5) is 12.4. The third kappa shape index (κ3) is 2.34. The number of Topliss-reactive ketones (excluding diaryl/α,β-unsaturated/α-hetero) is 1. The highest BCUT2D eigenvalue weighted by atomic mass is 32.2. The molecule has 92 valence electrons. The van der Waals surface area contributed by atoms with Crippen LogP contribution in [0.5, 0.6) is 0 Å². The molecule has 0 radical (unpaired) electrons. The first kappa shape index (κ1) is 12.5. The summed E-state index contributed by atoms with van der Waals surface area (Å²) in [6.07, 6.45) is 1.35. The Bertz CT molecular complexity index is 479. The van der Waals surface area contributed by atoms with Crippen LogP contribution in [0.2, 0.25) is 0 Å². The van der Waals surface area contributed by atoms with Gasteiger partial charge in [-0.2, -0.15) is 0 Å². The molecule has 1 aromatic rings. The zero-order chi connectivity index (χ0) is 12.6. The van der Waals surface area contributed by atoms with Crippen molar-refractivity contribution in [1.29, 1.82) is 0 Å². The second kappa shape index (κ2) is 4.73. The van der Waals surface area contributed by atoms with Crippen molar-refractivity contribution < 1.29 is 9.00 Å². The van der Waals surface area contributed by atoms with Crippen molar-refractivity contribution in [2.75, 3.05) is 0 Å². The highest BCUT2D eigenvalue weighted by Crippen LogP contribution is 2.30. The van der Waals surface area contributed by atoms with E-state index in [9.17, 15) is 9.00 Å². The minimum atomic E-state index is -1.05. The molecule has 0 saturated heterocycles. The molecule has 3 unspecified atom stereocenters. The molecule has 1 aromatic carbocycles. The standard InChI is InChI=1S/C14H18O2S/c1-9-4-5-10(2)14(8-9)17(16)13-7-6-12(15)11(13)3/h4-5,8,11,13H,6-7H2,1-3H3. The van der Waals surface area contributed by atoms with Gasteiger partial charge < -0.3 is 0 Å². The van der Waals surface area contributed by atoms with Crippen LogP contribution >= 0.6 is 0 Å². The van der Waals surface area contributed by atoms with Gasteiger partial charge in [0.25, 0.3) is 0 Å². The van der Waals surface area contributed by atoms with Gasteiger partial charge in [-0.1, -0.05) is 19.1 Å². The van der Waals surface area contributed by atoms with Gasteiger partial charge in [0.2, 0.25) is 0 Å². The van der Waals surface area contributed by atoms with Crippen LogP contribution in [-0.2, 0) is 15.6 Å². The van der Waals surface area contributed by atoms with Gasteiger partial charge in [-0.3, -0.25) is 9.00 Å². The summed E-state index contributed by atoms with van der Waals surface area (Å²) in [7, 11) is -1.05. The van der Waals surface area contributed by atoms with Crippen LogP contribution in [0.15, 0.2) is 23.1 Å². The molecule has 0 amide bonds. The lowest BCUT2D eigenvalue weighted by molar-refractivity contribution is -0.120. The predicted octanol–water partition coefficient (Wildman–Crippen LogP) is 2.78. The number of benzene rings is 1. The van der Waals surface area contributed by atoms with Crippen LogP contribution in [0.3, 0.4) is 0 Å². The smallest absolute Gasteiger partial charge is 0.136 e. The molecule has 1 saturated carbocycles. The van der Waals surface area contributed by atoms with Crippen LogP contribution in [0.25, 0.3) is 0 Å². The maximum absolute atomic E-state index is 12.5. The molecule has 3 heteroatoms. The molecule has 0 N–H and O–H groups in total. The molecule has 0 spiro atoms. The maximum Gasteiger partial charge on any atom is 0.136 e. The average Bonchev–Trinajstić information content (AvgIpc) is 2.62. The molecule has 17 heavy (non-hydrogen) atoms. The largest absolute Gasteiger partial charge is 0.299 e. The van der Waals surface area contributed by atoms with Crippen molar-refractivity contribution in [2.24, 2.45) is 5.92 Å². The van der Waals surface area contributed by atoms with Gasteiger partial charge >= 0.3 is 0 Å². The molecule has 3 atom stereocenters. The number of carbonyl (C=O) groups is 1. The minimum absolute atomic E-state index is 0.00278. The second-order valence-corrected chi connectivity index (χ2v) is 6.54. The van der Waals surface area contributed by atoms with Crippen molar-refractivity contribution >= 4 is 16.6 Å². The Kier molecular flexibility index (Phi) is 3.48. The molecule has 1 aliphatic carbocycles. The first-order valence-corrected chi connectivity index (χ1v) is 7.22. The number of hydrogen-bond acceptors (Lipinski definition) is 2. The summed E-state index contributed by atoms with van der Waals surface area (Å²) < 4.78 is 12.5. The molecule has 1 aliphatic rings. The van der Waals surface area contributed by atoms with Crippen LogP contribution < -0.4 is 0 Å². The average molecular weight is 250 g/mol. The van der Waals surface area contributed by atoms with Crippen LogP contribution in [0, 0.1) is 19.8 Å². The molecule has 0 heterocycles. The Balaban J connectivity index is 2.31. The third-order valence-electron chi connectivity index (χ3n) is 3.58.